The summed E-state index contributed by atoms with van der Waals surface area (Å²) in [5.74, 6) is -1.09. The predicted octanol–water partition coefficient (Wildman–Crippen LogP) is 1.63. The second-order valence-corrected chi connectivity index (χ2v) is 5.55. The van der Waals surface area contributed by atoms with Gasteiger partial charge < -0.3 is 10.0 Å². The Morgan fingerprint density at radius 3 is 2.55 bits per heavy atom. The SMILES string of the molecule is Cc1ccc(C(=O)N2CCc3nn(C)c(C(=O)O)c3C2)cc1. The van der Waals surface area contributed by atoms with Crippen LogP contribution >= 0.6 is 0 Å². The lowest BCUT2D eigenvalue weighted by molar-refractivity contribution is 0.0669. The molecule has 3 rings (SSSR count). The van der Waals surface area contributed by atoms with Crippen molar-refractivity contribution in [1.82, 2.24) is 14.7 Å². The lowest BCUT2D eigenvalue weighted by Gasteiger charge is -2.26. The molecule has 0 saturated carbocycles. The van der Waals surface area contributed by atoms with Gasteiger partial charge in [-0.3, -0.25) is 9.48 Å². The van der Waals surface area contributed by atoms with Gasteiger partial charge in [0.05, 0.1) is 12.2 Å². The molecule has 114 valence electrons. The van der Waals surface area contributed by atoms with Crippen LogP contribution in [0.1, 0.15) is 37.7 Å². The summed E-state index contributed by atoms with van der Waals surface area (Å²) < 4.78 is 1.38. The normalized spacial score (nSPS) is 13.8. The van der Waals surface area contributed by atoms with Gasteiger partial charge in [0.15, 0.2) is 5.69 Å². The fourth-order valence-electron chi connectivity index (χ4n) is 2.82. The van der Waals surface area contributed by atoms with Crippen molar-refractivity contribution in [3.05, 3.63) is 52.3 Å². The summed E-state index contributed by atoms with van der Waals surface area (Å²) in [7, 11) is 1.62. The average molecular weight is 299 g/mol. The molecule has 0 aliphatic carbocycles. The number of aromatic carboxylic acids is 1. The molecule has 2 aromatic rings. The van der Waals surface area contributed by atoms with E-state index in [1.54, 1.807) is 24.1 Å². The van der Waals surface area contributed by atoms with Crippen LogP contribution < -0.4 is 0 Å². The minimum Gasteiger partial charge on any atom is -0.477 e. The fourth-order valence-corrected chi connectivity index (χ4v) is 2.82. The second kappa shape index (κ2) is 5.29. The minimum atomic E-state index is -1.01. The molecule has 22 heavy (non-hydrogen) atoms. The van der Waals surface area contributed by atoms with Crippen molar-refractivity contribution in [3.8, 4) is 0 Å². The topological polar surface area (TPSA) is 75.4 Å². The maximum atomic E-state index is 12.6. The van der Waals surface area contributed by atoms with E-state index >= 15 is 0 Å². The van der Waals surface area contributed by atoms with E-state index in [0.29, 0.717) is 24.1 Å². The van der Waals surface area contributed by atoms with Crippen LogP contribution in [-0.4, -0.2) is 38.2 Å². The van der Waals surface area contributed by atoms with Gasteiger partial charge in [-0.1, -0.05) is 17.7 Å². The van der Waals surface area contributed by atoms with E-state index in [-0.39, 0.29) is 18.1 Å². The van der Waals surface area contributed by atoms with Gasteiger partial charge in [0.25, 0.3) is 5.91 Å². The molecular formula is C16H17N3O3. The van der Waals surface area contributed by atoms with Gasteiger partial charge >= 0.3 is 5.97 Å². The third-order valence-corrected chi connectivity index (χ3v) is 3.98. The Bertz CT molecular complexity index is 747. The van der Waals surface area contributed by atoms with Gasteiger partial charge in [-0.05, 0) is 19.1 Å². The third-order valence-electron chi connectivity index (χ3n) is 3.98. The van der Waals surface area contributed by atoms with E-state index in [0.717, 1.165) is 11.3 Å². The molecule has 1 aromatic carbocycles. The Balaban J connectivity index is 1.89. The summed E-state index contributed by atoms with van der Waals surface area (Å²) in [5, 5.41) is 13.6. The van der Waals surface area contributed by atoms with Crippen LogP contribution in [0, 0.1) is 6.92 Å². The van der Waals surface area contributed by atoms with Gasteiger partial charge in [-0.2, -0.15) is 5.10 Å². The van der Waals surface area contributed by atoms with Crippen molar-refractivity contribution in [3.63, 3.8) is 0 Å². The number of nitrogens with zero attached hydrogens (tertiary/aromatic N) is 3. The number of carbonyl (C=O) groups excluding carboxylic acids is 1. The summed E-state index contributed by atoms with van der Waals surface area (Å²) in [6.45, 7) is 2.81. The highest BCUT2D eigenvalue weighted by molar-refractivity contribution is 5.95. The molecule has 1 amide bonds. The minimum absolute atomic E-state index is 0.0779. The number of carbonyl (C=O) groups is 2. The summed E-state index contributed by atoms with van der Waals surface area (Å²) in [6, 6.07) is 7.40. The number of hydrogen-bond donors (Lipinski definition) is 1. The van der Waals surface area contributed by atoms with Crippen LogP contribution in [0.3, 0.4) is 0 Å². The molecule has 1 aliphatic rings. The van der Waals surface area contributed by atoms with Crippen LogP contribution in [-0.2, 0) is 20.0 Å². The number of aryl methyl sites for hydroxylation is 2. The van der Waals surface area contributed by atoms with Gasteiger partial charge in [0.2, 0.25) is 0 Å². The molecule has 2 heterocycles. The van der Waals surface area contributed by atoms with E-state index in [4.69, 9.17) is 0 Å². The van der Waals surface area contributed by atoms with Crippen molar-refractivity contribution >= 4 is 11.9 Å². The quantitative estimate of drug-likeness (QED) is 0.914. The fraction of sp³-hybridized carbons (Fsp3) is 0.312. The number of carboxylic acid groups (broad SMARTS) is 1. The molecule has 0 spiro atoms. The van der Waals surface area contributed by atoms with E-state index < -0.39 is 5.97 Å². The molecule has 0 atom stereocenters. The molecule has 0 unspecified atom stereocenters. The van der Waals surface area contributed by atoms with Gasteiger partial charge in [-0.15, -0.1) is 0 Å². The zero-order valence-electron chi connectivity index (χ0n) is 12.5. The molecule has 0 saturated heterocycles. The molecule has 1 N–H and O–H groups in total. The molecule has 6 nitrogen and oxygen atoms in total. The second-order valence-electron chi connectivity index (χ2n) is 5.55. The smallest absolute Gasteiger partial charge is 0.354 e. The van der Waals surface area contributed by atoms with Crippen LogP contribution in [0.25, 0.3) is 0 Å². The molecule has 0 fully saturated rings. The Kier molecular flexibility index (Phi) is 3.44. The van der Waals surface area contributed by atoms with Gasteiger partial charge in [0, 0.05) is 31.1 Å². The maximum absolute atomic E-state index is 12.6. The lowest BCUT2D eigenvalue weighted by atomic mass is 10.0. The number of rotatable bonds is 2. The Labute approximate surface area is 128 Å². The predicted molar refractivity (Wildman–Crippen MR) is 79.8 cm³/mol. The highest BCUT2D eigenvalue weighted by Gasteiger charge is 2.29. The number of aromatic nitrogens is 2. The Morgan fingerprint density at radius 2 is 1.91 bits per heavy atom. The molecule has 1 aliphatic heterocycles. The number of carboxylic acids is 1. The monoisotopic (exact) mass is 299 g/mol. The Morgan fingerprint density at radius 1 is 1.23 bits per heavy atom. The first kappa shape index (κ1) is 14.3. The number of amides is 1. The average Bonchev–Trinajstić information content (AvgIpc) is 2.82. The molecule has 6 heteroatoms. The van der Waals surface area contributed by atoms with Crippen LogP contribution in [0.15, 0.2) is 24.3 Å². The first-order valence-electron chi connectivity index (χ1n) is 7.11. The summed E-state index contributed by atoms with van der Waals surface area (Å²) >= 11 is 0. The molecule has 0 radical (unpaired) electrons. The number of fused-ring (bicyclic) bond motifs is 1. The molecule has 1 aromatic heterocycles. The van der Waals surface area contributed by atoms with E-state index in [9.17, 15) is 14.7 Å². The zero-order chi connectivity index (χ0) is 15.9. The number of benzene rings is 1. The maximum Gasteiger partial charge on any atom is 0.354 e. The standard InChI is InChI=1S/C16H17N3O3/c1-10-3-5-11(6-4-10)15(20)19-8-7-13-12(9-19)14(16(21)22)18(2)17-13/h3-6H,7-9H2,1-2H3,(H,21,22). The third kappa shape index (κ3) is 2.36. The zero-order valence-corrected chi connectivity index (χ0v) is 12.5. The molecular weight excluding hydrogens is 282 g/mol. The van der Waals surface area contributed by atoms with Crippen LogP contribution in [0.2, 0.25) is 0 Å². The first-order valence-corrected chi connectivity index (χ1v) is 7.11. The lowest BCUT2D eigenvalue weighted by Crippen LogP contribution is -2.36. The van der Waals surface area contributed by atoms with Crippen molar-refractivity contribution < 1.29 is 14.7 Å². The van der Waals surface area contributed by atoms with Crippen molar-refractivity contribution in [2.75, 3.05) is 6.54 Å². The van der Waals surface area contributed by atoms with E-state index in [1.165, 1.54) is 4.68 Å². The van der Waals surface area contributed by atoms with Crippen molar-refractivity contribution in [2.24, 2.45) is 7.05 Å². The van der Waals surface area contributed by atoms with Crippen LogP contribution in [0.4, 0.5) is 0 Å². The number of hydrogen-bond acceptors (Lipinski definition) is 3. The van der Waals surface area contributed by atoms with Crippen molar-refractivity contribution in [1.29, 1.82) is 0 Å². The largest absolute Gasteiger partial charge is 0.477 e. The summed E-state index contributed by atoms with van der Waals surface area (Å²) in [4.78, 5) is 25.6. The Hall–Kier alpha value is -2.63. The summed E-state index contributed by atoms with van der Waals surface area (Å²) in [6.07, 6.45) is 0.577. The molecule has 0 bridgehead atoms. The van der Waals surface area contributed by atoms with Gasteiger partial charge in [-0.25, -0.2) is 4.79 Å². The van der Waals surface area contributed by atoms with E-state index in [1.807, 2.05) is 19.1 Å². The van der Waals surface area contributed by atoms with Crippen LogP contribution in [0.5, 0.6) is 0 Å². The first-order chi connectivity index (χ1) is 10.5. The van der Waals surface area contributed by atoms with E-state index in [2.05, 4.69) is 5.10 Å². The highest BCUT2D eigenvalue weighted by atomic mass is 16.4. The highest BCUT2D eigenvalue weighted by Crippen LogP contribution is 2.23. The summed E-state index contributed by atoms with van der Waals surface area (Å²) in [5.41, 5.74) is 3.29. The van der Waals surface area contributed by atoms with Gasteiger partial charge in [0.1, 0.15) is 0 Å². The van der Waals surface area contributed by atoms with Crippen molar-refractivity contribution in [2.45, 2.75) is 19.9 Å².